The lowest BCUT2D eigenvalue weighted by Gasteiger charge is -2.38. The number of benzene rings is 1. The molecule has 0 unspecified atom stereocenters. The van der Waals surface area contributed by atoms with Crippen LogP contribution in [0.15, 0.2) is 18.2 Å². The Morgan fingerprint density at radius 1 is 1.45 bits per heavy atom. The highest BCUT2D eigenvalue weighted by atomic mass is 16.5. The standard InChI is InChI=1S/C18H27NO3/c1-5-22-18(10-6-7-13(2)12-18)17(20)19-15-8-9-16(21-4)14(3)11-15/h8-9,11,13H,5-7,10,12H2,1-4H3,(H,19,20)/t13-,18-/m0/s1. The molecule has 4 nitrogen and oxygen atoms in total. The molecule has 2 rings (SSSR count). The zero-order valence-electron chi connectivity index (χ0n) is 14.1. The maximum absolute atomic E-state index is 12.8. The smallest absolute Gasteiger partial charge is 0.256 e. The van der Waals surface area contributed by atoms with E-state index in [2.05, 4.69) is 12.2 Å². The van der Waals surface area contributed by atoms with E-state index >= 15 is 0 Å². The van der Waals surface area contributed by atoms with Gasteiger partial charge in [0.2, 0.25) is 0 Å². The Hall–Kier alpha value is -1.55. The third-order valence-electron chi connectivity index (χ3n) is 4.44. The quantitative estimate of drug-likeness (QED) is 0.896. The molecule has 1 aliphatic rings. The molecule has 122 valence electrons. The second-order valence-corrected chi connectivity index (χ2v) is 6.27. The number of anilines is 1. The Balaban J connectivity index is 2.16. The van der Waals surface area contributed by atoms with Crippen molar-refractivity contribution in [3.8, 4) is 5.75 Å². The van der Waals surface area contributed by atoms with Crippen molar-refractivity contribution >= 4 is 11.6 Å². The van der Waals surface area contributed by atoms with Crippen LogP contribution in [0.1, 0.15) is 45.1 Å². The third kappa shape index (κ3) is 3.61. The van der Waals surface area contributed by atoms with E-state index in [-0.39, 0.29) is 5.91 Å². The summed E-state index contributed by atoms with van der Waals surface area (Å²) in [5.41, 5.74) is 1.11. The van der Waals surface area contributed by atoms with E-state index in [0.717, 1.165) is 36.3 Å². The van der Waals surface area contributed by atoms with E-state index in [9.17, 15) is 4.79 Å². The fraction of sp³-hybridized carbons (Fsp3) is 0.611. The molecule has 1 aromatic carbocycles. The number of methoxy groups -OCH3 is 1. The second-order valence-electron chi connectivity index (χ2n) is 6.27. The SMILES string of the molecule is CCO[C@@]1(C(=O)Nc2ccc(OC)c(C)c2)CCC[C@H](C)C1. The first kappa shape index (κ1) is 16.8. The number of carbonyl (C=O) groups is 1. The van der Waals surface area contributed by atoms with Gasteiger partial charge < -0.3 is 14.8 Å². The number of ether oxygens (including phenoxy) is 2. The lowest BCUT2D eigenvalue weighted by Crippen LogP contribution is -2.48. The average Bonchev–Trinajstić information content (AvgIpc) is 2.47. The van der Waals surface area contributed by atoms with Crippen molar-refractivity contribution in [3.05, 3.63) is 23.8 Å². The monoisotopic (exact) mass is 305 g/mol. The Labute approximate surface area is 133 Å². The van der Waals surface area contributed by atoms with Crippen LogP contribution in [-0.4, -0.2) is 25.2 Å². The molecule has 0 radical (unpaired) electrons. The summed E-state index contributed by atoms with van der Waals surface area (Å²) in [7, 11) is 1.65. The molecule has 0 spiro atoms. The largest absolute Gasteiger partial charge is 0.496 e. The second kappa shape index (κ2) is 7.14. The Bertz CT molecular complexity index is 525. The van der Waals surface area contributed by atoms with Gasteiger partial charge in [0.15, 0.2) is 0 Å². The molecule has 2 atom stereocenters. The van der Waals surface area contributed by atoms with Gasteiger partial charge in [-0.15, -0.1) is 0 Å². The van der Waals surface area contributed by atoms with Crippen molar-refractivity contribution in [2.24, 2.45) is 5.92 Å². The summed E-state index contributed by atoms with van der Waals surface area (Å²) in [5.74, 6) is 1.32. The Morgan fingerprint density at radius 2 is 2.23 bits per heavy atom. The first-order valence-corrected chi connectivity index (χ1v) is 8.11. The number of hydrogen-bond donors (Lipinski definition) is 1. The molecule has 1 N–H and O–H groups in total. The predicted molar refractivity (Wildman–Crippen MR) is 88.3 cm³/mol. The van der Waals surface area contributed by atoms with E-state index in [0.29, 0.717) is 12.5 Å². The predicted octanol–water partition coefficient (Wildman–Crippen LogP) is 3.93. The zero-order chi connectivity index (χ0) is 16.2. The van der Waals surface area contributed by atoms with Crippen molar-refractivity contribution in [2.75, 3.05) is 19.0 Å². The molecule has 0 aliphatic heterocycles. The minimum Gasteiger partial charge on any atom is -0.496 e. The maximum Gasteiger partial charge on any atom is 0.256 e. The maximum atomic E-state index is 12.8. The van der Waals surface area contributed by atoms with Crippen LogP contribution < -0.4 is 10.1 Å². The number of carbonyl (C=O) groups excluding carboxylic acids is 1. The molecular weight excluding hydrogens is 278 g/mol. The van der Waals surface area contributed by atoms with Gasteiger partial charge in [-0.3, -0.25) is 4.79 Å². The van der Waals surface area contributed by atoms with Crippen LogP contribution in [0.4, 0.5) is 5.69 Å². The van der Waals surface area contributed by atoms with Crippen molar-refractivity contribution in [2.45, 2.75) is 52.1 Å². The van der Waals surface area contributed by atoms with Crippen LogP contribution in [0.5, 0.6) is 5.75 Å². The normalized spacial score (nSPS) is 24.8. The van der Waals surface area contributed by atoms with Gasteiger partial charge in [-0.1, -0.05) is 13.3 Å². The Kier molecular flexibility index (Phi) is 5.46. The van der Waals surface area contributed by atoms with Gasteiger partial charge >= 0.3 is 0 Å². The van der Waals surface area contributed by atoms with Gasteiger partial charge in [-0.05, 0) is 62.8 Å². The number of nitrogens with one attached hydrogen (secondary N) is 1. The molecule has 0 aromatic heterocycles. The summed E-state index contributed by atoms with van der Waals surface area (Å²) >= 11 is 0. The minimum absolute atomic E-state index is 0.0227. The summed E-state index contributed by atoms with van der Waals surface area (Å²) in [6.07, 6.45) is 3.80. The lowest BCUT2D eigenvalue weighted by atomic mass is 9.78. The summed E-state index contributed by atoms with van der Waals surface area (Å²) < 4.78 is 11.2. The van der Waals surface area contributed by atoms with Crippen LogP contribution in [0, 0.1) is 12.8 Å². The molecule has 0 saturated heterocycles. The van der Waals surface area contributed by atoms with Crippen molar-refractivity contribution in [1.29, 1.82) is 0 Å². The van der Waals surface area contributed by atoms with E-state index in [4.69, 9.17) is 9.47 Å². The fourth-order valence-electron chi connectivity index (χ4n) is 3.38. The number of aryl methyl sites for hydroxylation is 1. The van der Waals surface area contributed by atoms with E-state index in [1.807, 2.05) is 32.0 Å². The molecule has 4 heteroatoms. The van der Waals surface area contributed by atoms with Gasteiger partial charge in [0.25, 0.3) is 5.91 Å². The van der Waals surface area contributed by atoms with Gasteiger partial charge in [0, 0.05) is 12.3 Å². The van der Waals surface area contributed by atoms with E-state index in [1.54, 1.807) is 7.11 Å². The van der Waals surface area contributed by atoms with E-state index < -0.39 is 5.60 Å². The van der Waals surface area contributed by atoms with Crippen LogP contribution in [0.2, 0.25) is 0 Å². The summed E-state index contributed by atoms with van der Waals surface area (Å²) in [6, 6.07) is 5.68. The van der Waals surface area contributed by atoms with Crippen LogP contribution in [0.3, 0.4) is 0 Å². The molecule has 1 amide bonds. The molecule has 1 saturated carbocycles. The van der Waals surface area contributed by atoms with Gasteiger partial charge in [0.05, 0.1) is 7.11 Å². The zero-order valence-corrected chi connectivity index (χ0v) is 14.1. The first-order chi connectivity index (χ1) is 10.5. The number of rotatable bonds is 5. The van der Waals surface area contributed by atoms with Crippen molar-refractivity contribution < 1.29 is 14.3 Å². The van der Waals surface area contributed by atoms with Gasteiger partial charge in [-0.25, -0.2) is 0 Å². The molecular formula is C18H27NO3. The molecule has 1 aromatic rings. The molecule has 22 heavy (non-hydrogen) atoms. The minimum atomic E-state index is -0.680. The third-order valence-corrected chi connectivity index (χ3v) is 4.44. The van der Waals surface area contributed by atoms with Crippen molar-refractivity contribution in [1.82, 2.24) is 0 Å². The average molecular weight is 305 g/mol. The fourth-order valence-corrected chi connectivity index (χ4v) is 3.38. The molecule has 0 bridgehead atoms. The van der Waals surface area contributed by atoms with Gasteiger partial charge in [-0.2, -0.15) is 0 Å². The van der Waals surface area contributed by atoms with Crippen LogP contribution in [-0.2, 0) is 9.53 Å². The molecule has 1 fully saturated rings. The van der Waals surface area contributed by atoms with Gasteiger partial charge in [0.1, 0.15) is 11.4 Å². The van der Waals surface area contributed by atoms with Crippen LogP contribution in [0.25, 0.3) is 0 Å². The highest BCUT2D eigenvalue weighted by molar-refractivity contribution is 5.97. The number of hydrogen-bond acceptors (Lipinski definition) is 3. The van der Waals surface area contributed by atoms with Crippen LogP contribution >= 0.6 is 0 Å². The lowest BCUT2D eigenvalue weighted by molar-refractivity contribution is -0.147. The summed E-state index contributed by atoms with van der Waals surface area (Å²) in [5, 5.41) is 3.03. The topological polar surface area (TPSA) is 47.6 Å². The summed E-state index contributed by atoms with van der Waals surface area (Å²) in [4.78, 5) is 12.8. The molecule has 1 aliphatic carbocycles. The first-order valence-electron chi connectivity index (χ1n) is 8.11. The van der Waals surface area contributed by atoms with Crippen molar-refractivity contribution in [3.63, 3.8) is 0 Å². The number of amides is 1. The highest BCUT2D eigenvalue weighted by Gasteiger charge is 2.42. The summed E-state index contributed by atoms with van der Waals surface area (Å²) in [6.45, 7) is 6.67. The molecule has 0 heterocycles. The highest BCUT2D eigenvalue weighted by Crippen LogP contribution is 2.36. The van der Waals surface area contributed by atoms with E-state index in [1.165, 1.54) is 6.42 Å². The Morgan fingerprint density at radius 3 is 2.82 bits per heavy atom.